The molecule has 0 amide bonds. The second kappa shape index (κ2) is 13.1. The van der Waals surface area contributed by atoms with Crippen LogP contribution in [-0.4, -0.2) is 40.2 Å². The van der Waals surface area contributed by atoms with E-state index in [1.54, 1.807) is 25.1 Å². The fourth-order valence-corrected chi connectivity index (χ4v) is 5.83. The summed E-state index contributed by atoms with van der Waals surface area (Å²) in [5, 5.41) is 7.92. The number of nitrogens with zero attached hydrogens (tertiary/aromatic N) is 2. The summed E-state index contributed by atoms with van der Waals surface area (Å²) in [6.45, 7) is 4.80. The van der Waals surface area contributed by atoms with Gasteiger partial charge in [0.05, 0.1) is 18.7 Å². The molecule has 2 aromatic heterocycles. The molecule has 4 aromatic carbocycles. The van der Waals surface area contributed by atoms with Gasteiger partial charge in [0, 0.05) is 40.2 Å². The van der Waals surface area contributed by atoms with Crippen molar-refractivity contribution in [3.63, 3.8) is 0 Å². The van der Waals surface area contributed by atoms with Crippen LogP contribution in [0.3, 0.4) is 0 Å². The summed E-state index contributed by atoms with van der Waals surface area (Å²) in [5.41, 5.74) is 6.29. The molecule has 2 heterocycles. The van der Waals surface area contributed by atoms with E-state index in [1.165, 1.54) is 0 Å². The molecule has 6 aromatic rings. The standard InChI is InChI=1S/C37H35N3O5/c1-4-43-37(42)36-30(18-10-20-44-33-19-8-13-26-12-5-6-15-28(26)33)29-16-9-17-31(35(29)38-36)34-24(2)40(3)39-32(34)23-45-27-14-7-11-25(21-27)22-41/h5-9,11-17,19,21-22,38H,4,10,18,20,23H2,1-3H3. The van der Waals surface area contributed by atoms with Gasteiger partial charge in [0.15, 0.2) is 0 Å². The molecule has 0 saturated carbocycles. The van der Waals surface area contributed by atoms with Crippen LogP contribution in [0.5, 0.6) is 11.5 Å². The molecule has 8 nitrogen and oxygen atoms in total. The third kappa shape index (κ3) is 6.04. The van der Waals surface area contributed by atoms with Crippen molar-refractivity contribution in [1.29, 1.82) is 0 Å². The van der Waals surface area contributed by atoms with Crippen molar-refractivity contribution in [2.45, 2.75) is 33.3 Å². The zero-order chi connectivity index (χ0) is 31.3. The zero-order valence-corrected chi connectivity index (χ0v) is 25.6. The number of nitrogens with one attached hydrogen (secondary N) is 1. The van der Waals surface area contributed by atoms with E-state index in [-0.39, 0.29) is 19.2 Å². The van der Waals surface area contributed by atoms with Crippen LogP contribution in [0.15, 0.2) is 84.9 Å². The number of aromatic nitrogens is 3. The summed E-state index contributed by atoms with van der Waals surface area (Å²) in [6.07, 6.45) is 2.12. The first-order chi connectivity index (χ1) is 22.0. The Morgan fingerprint density at radius 1 is 0.956 bits per heavy atom. The minimum absolute atomic E-state index is 0.208. The molecule has 1 N–H and O–H groups in total. The monoisotopic (exact) mass is 601 g/mol. The number of carbonyl (C=O) groups excluding carboxylic acids is 2. The number of hydrogen-bond acceptors (Lipinski definition) is 6. The number of fused-ring (bicyclic) bond motifs is 2. The number of rotatable bonds is 12. The fourth-order valence-electron chi connectivity index (χ4n) is 5.83. The van der Waals surface area contributed by atoms with Crippen molar-refractivity contribution < 1.29 is 23.8 Å². The Morgan fingerprint density at radius 2 is 1.73 bits per heavy atom. The Balaban J connectivity index is 1.31. The van der Waals surface area contributed by atoms with E-state index in [1.807, 2.05) is 67.2 Å². The summed E-state index contributed by atoms with van der Waals surface area (Å²) in [7, 11) is 1.90. The molecule has 6 rings (SSSR count). The highest BCUT2D eigenvalue weighted by molar-refractivity contribution is 6.04. The van der Waals surface area contributed by atoms with Crippen molar-refractivity contribution in [2.75, 3.05) is 13.2 Å². The van der Waals surface area contributed by atoms with Crippen LogP contribution in [0.2, 0.25) is 0 Å². The number of aromatic amines is 1. The van der Waals surface area contributed by atoms with Gasteiger partial charge in [-0.05, 0) is 55.8 Å². The van der Waals surface area contributed by atoms with E-state index in [4.69, 9.17) is 19.3 Å². The van der Waals surface area contributed by atoms with Gasteiger partial charge in [-0.1, -0.05) is 66.7 Å². The molecule has 0 atom stereocenters. The number of carbonyl (C=O) groups is 2. The van der Waals surface area contributed by atoms with E-state index in [2.05, 4.69) is 23.2 Å². The van der Waals surface area contributed by atoms with Crippen LogP contribution in [0.1, 0.15) is 51.1 Å². The molecule has 0 aliphatic carbocycles. The molecule has 0 saturated heterocycles. The number of hydrogen-bond donors (Lipinski definition) is 1. The maximum atomic E-state index is 13.2. The van der Waals surface area contributed by atoms with Crippen LogP contribution in [0.25, 0.3) is 32.8 Å². The Labute approximate surface area is 261 Å². The Hall–Kier alpha value is -5.37. The van der Waals surface area contributed by atoms with Gasteiger partial charge < -0.3 is 19.2 Å². The summed E-state index contributed by atoms with van der Waals surface area (Å²) in [6, 6.07) is 27.3. The Kier molecular flexibility index (Phi) is 8.64. The summed E-state index contributed by atoms with van der Waals surface area (Å²) in [4.78, 5) is 27.9. The van der Waals surface area contributed by atoms with Gasteiger partial charge in [-0.3, -0.25) is 9.48 Å². The molecule has 0 unspecified atom stereocenters. The minimum atomic E-state index is -0.383. The molecule has 0 aliphatic heterocycles. The number of esters is 1. The van der Waals surface area contributed by atoms with Gasteiger partial charge in [-0.2, -0.15) is 5.10 Å². The van der Waals surface area contributed by atoms with Gasteiger partial charge in [0.25, 0.3) is 0 Å². The lowest BCUT2D eigenvalue weighted by molar-refractivity contribution is 0.0519. The van der Waals surface area contributed by atoms with Gasteiger partial charge in [-0.25, -0.2) is 4.79 Å². The topological polar surface area (TPSA) is 95.4 Å². The average molecular weight is 602 g/mol. The van der Waals surface area contributed by atoms with Gasteiger partial charge in [0.2, 0.25) is 0 Å². The second-order valence-corrected chi connectivity index (χ2v) is 10.9. The average Bonchev–Trinajstić information content (AvgIpc) is 3.58. The summed E-state index contributed by atoms with van der Waals surface area (Å²) < 4.78 is 19.6. The van der Waals surface area contributed by atoms with Gasteiger partial charge in [0.1, 0.15) is 35.8 Å². The second-order valence-electron chi connectivity index (χ2n) is 10.9. The normalized spacial score (nSPS) is 11.2. The number of H-pyrrole nitrogens is 1. The van der Waals surface area contributed by atoms with Gasteiger partial charge in [-0.15, -0.1) is 0 Å². The van der Waals surface area contributed by atoms with Gasteiger partial charge >= 0.3 is 5.97 Å². The minimum Gasteiger partial charge on any atom is -0.493 e. The number of para-hydroxylation sites is 1. The number of aryl methyl sites for hydroxylation is 2. The molecule has 0 spiro atoms. The molecule has 0 aliphatic rings. The van der Waals surface area contributed by atoms with Crippen LogP contribution in [0, 0.1) is 6.92 Å². The maximum Gasteiger partial charge on any atom is 0.355 e. The first-order valence-electron chi connectivity index (χ1n) is 15.1. The van der Waals surface area contributed by atoms with Crippen LogP contribution in [-0.2, 0) is 24.8 Å². The molecule has 0 radical (unpaired) electrons. The number of ether oxygens (including phenoxy) is 3. The SMILES string of the molecule is CCOC(=O)c1[nH]c2c(-c3c(COc4cccc(C=O)c4)nn(C)c3C)cccc2c1CCCOc1cccc2ccccc12. The van der Waals surface area contributed by atoms with Crippen LogP contribution < -0.4 is 9.47 Å². The first-order valence-corrected chi connectivity index (χ1v) is 15.1. The molecule has 228 valence electrons. The lowest BCUT2D eigenvalue weighted by Gasteiger charge is -2.10. The Morgan fingerprint density at radius 3 is 2.58 bits per heavy atom. The molecule has 8 heteroatoms. The lowest BCUT2D eigenvalue weighted by atomic mass is 9.98. The van der Waals surface area contributed by atoms with Crippen molar-refractivity contribution in [3.8, 4) is 22.6 Å². The molecular weight excluding hydrogens is 566 g/mol. The number of benzene rings is 4. The smallest absolute Gasteiger partial charge is 0.355 e. The van der Waals surface area contributed by atoms with E-state index in [0.717, 1.165) is 61.8 Å². The van der Waals surface area contributed by atoms with Crippen LogP contribution >= 0.6 is 0 Å². The summed E-state index contributed by atoms with van der Waals surface area (Å²) in [5.74, 6) is 1.05. The quantitative estimate of drug-likeness (QED) is 0.0881. The molecule has 0 bridgehead atoms. The van der Waals surface area contributed by atoms with Crippen molar-refractivity contribution in [2.24, 2.45) is 7.05 Å². The van der Waals surface area contributed by atoms with Crippen molar-refractivity contribution in [1.82, 2.24) is 14.8 Å². The zero-order valence-electron chi connectivity index (χ0n) is 25.6. The molecule has 0 fully saturated rings. The maximum absolute atomic E-state index is 13.2. The predicted octanol–water partition coefficient (Wildman–Crippen LogP) is 7.61. The van der Waals surface area contributed by atoms with Crippen molar-refractivity contribution in [3.05, 3.63) is 113 Å². The lowest BCUT2D eigenvalue weighted by Crippen LogP contribution is -2.09. The van der Waals surface area contributed by atoms with E-state index >= 15 is 0 Å². The highest BCUT2D eigenvalue weighted by atomic mass is 16.5. The van der Waals surface area contributed by atoms with Crippen LogP contribution in [0.4, 0.5) is 0 Å². The largest absolute Gasteiger partial charge is 0.493 e. The third-order valence-corrected chi connectivity index (χ3v) is 8.04. The number of aldehydes is 1. The molecular formula is C37H35N3O5. The summed E-state index contributed by atoms with van der Waals surface area (Å²) >= 11 is 0. The van der Waals surface area contributed by atoms with E-state index < -0.39 is 0 Å². The van der Waals surface area contributed by atoms with Crippen molar-refractivity contribution >= 4 is 33.9 Å². The highest BCUT2D eigenvalue weighted by Gasteiger charge is 2.24. The fraction of sp³-hybridized carbons (Fsp3) is 0.216. The van der Waals surface area contributed by atoms with E-state index in [0.29, 0.717) is 36.5 Å². The predicted molar refractivity (Wildman–Crippen MR) is 175 cm³/mol. The first kappa shape index (κ1) is 29.7. The third-order valence-electron chi connectivity index (χ3n) is 8.04. The molecule has 45 heavy (non-hydrogen) atoms. The Bertz CT molecular complexity index is 2000. The highest BCUT2D eigenvalue weighted by Crippen LogP contribution is 2.36. The van der Waals surface area contributed by atoms with E-state index in [9.17, 15) is 9.59 Å².